The number of hydrogen-bond donors (Lipinski definition) is 0. The van der Waals surface area contributed by atoms with E-state index in [9.17, 15) is 14.9 Å². The maximum absolute atomic E-state index is 13.4. The van der Waals surface area contributed by atoms with Crippen molar-refractivity contribution in [1.29, 1.82) is 5.26 Å². The van der Waals surface area contributed by atoms with E-state index in [1.807, 2.05) is 31.2 Å². The van der Waals surface area contributed by atoms with Crippen LogP contribution in [0, 0.1) is 16.7 Å². The summed E-state index contributed by atoms with van der Waals surface area (Å²) >= 11 is 0. The summed E-state index contributed by atoms with van der Waals surface area (Å²) in [5.74, 6) is 0.503. The second kappa shape index (κ2) is 5.33. The highest BCUT2D eigenvalue weighted by atomic mass is 33.1. The molecule has 136 valence electrons. The van der Waals surface area contributed by atoms with Gasteiger partial charge in [-0.15, -0.1) is 0 Å². The summed E-state index contributed by atoms with van der Waals surface area (Å²) in [6.07, 6.45) is 0.315. The lowest BCUT2D eigenvalue weighted by atomic mass is 9.79. The van der Waals surface area contributed by atoms with Crippen molar-refractivity contribution in [3.63, 3.8) is 0 Å². The van der Waals surface area contributed by atoms with E-state index >= 15 is 0 Å². The Labute approximate surface area is 160 Å². The fraction of sp³-hybridized carbons (Fsp3) is 0.500. The molecule has 4 atom stereocenters. The number of carbonyl (C=O) groups is 2. The minimum Gasteiger partial charge on any atom is -0.497 e. The van der Waals surface area contributed by atoms with Gasteiger partial charge in [0.15, 0.2) is 9.74 Å². The van der Waals surface area contributed by atoms with Gasteiger partial charge in [-0.3, -0.25) is 9.59 Å². The third-order valence-corrected chi connectivity index (χ3v) is 9.48. The second-order valence-electron chi connectivity index (χ2n) is 7.35. The summed E-state index contributed by atoms with van der Waals surface area (Å²) in [5, 5.41) is 9.98. The van der Waals surface area contributed by atoms with Crippen LogP contribution in [-0.4, -0.2) is 45.5 Å². The maximum atomic E-state index is 13.4. The molecule has 6 nitrogen and oxygen atoms in total. The third kappa shape index (κ3) is 1.90. The zero-order chi connectivity index (χ0) is 18.9. The Hall–Kier alpha value is -1.85. The average Bonchev–Trinajstić information content (AvgIpc) is 2.93. The van der Waals surface area contributed by atoms with E-state index in [1.165, 1.54) is 21.6 Å². The van der Waals surface area contributed by atoms with Crippen LogP contribution in [0.25, 0.3) is 0 Å². The van der Waals surface area contributed by atoms with Crippen LogP contribution in [0.3, 0.4) is 0 Å². The van der Waals surface area contributed by atoms with Crippen LogP contribution in [0.2, 0.25) is 0 Å². The SMILES string of the molecule is COc1ccc(C2N3C(=O)C4(C)SS[C@]3(C[C@]2(C)C#N)C(=O)N4C)cc1. The summed E-state index contributed by atoms with van der Waals surface area (Å²) in [5.41, 5.74) is -0.0125. The number of benzene rings is 1. The molecule has 1 spiro atoms. The molecule has 0 N–H and O–H groups in total. The van der Waals surface area contributed by atoms with Gasteiger partial charge >= 0.3 is 0 Å². The molecule has 1 aromatic rings. The summed E-state index contributed by atoms with van der Waals surface area (Å²) in [4.78, 5) is 27.9. The molecule has 4 fully saturated rings. The lowest BCUT2D eigenvalue weighted by molar-refractivity contribution is -0.164. The van der Waals surface area contributed by atoms with Crippen LogP contribution < -0.4 is 4.74 Å². The number of piperazine rings is 1. The Bertz CT molecular complexity index is 854. The minimum atomic E-state index is -1.02. The quantitative estimate of drug-likeness (QED) is 0.724. The van der Waals surface area contributed by atoms with Gasteiger partial charge in [0.05, 0.1) is 24.6 Å². The van der Waals surface area contributed by atoms with Crippen LogP contribution in [0.15, 0.2) is 24.3 Å². The molecule has 2 unspecified atom stereocenters. The van der Waals surface area contributed by atoms with Crippen LogP contribution >= 0.6 is 21.6 Å². The molecule has 0 saturated carbocycles. The highest BCUT2D eigenvalue weighted by Crippen LogP contribution is 2.69. The van der Waals surface area contributed by atoms with Crippen LogP contribution in [0.5, 0.6) is 5.75 Å². The van der Waals surface area contributed by atoms with Crippen molar-refractivity contribution >= 4 is 33.4 Å². The number of likely N-dealkylation sites (N-methyl/N-ethyl adjacent to an activating group) is 1. The first kappa shape index (κ1) is 17.6. The molecule has 0 aliphatic carbocycles. The Balaban J connectivity index is 1.90. The Morgan fingerprint density at radius 1 is 1.19 bits per heavy atom. The predicted molar refractivity (Wildman–Crippen MR) is 100 cm³/mol. The Morgan fingerprint density at radius 3 is 2.42 bits per heavy atom. The van der Waals surface area contributed by atoms with Crippen molar-refractivity contribution in [1.82, 2.24) is 9.80 Å². The highest BCUT2D eigenvalue weighted by Gasteiger charge is 2.74. The zero-order valence-electron chi connectivity index (χ0n) is 15.0. The van der Waals surface area contributed by atoms with E-state index < -0.39 is 21.2 Å². The number of ether oxygens (including phenoxy) is 1. The first-order chi connectivity index (χ1) is 12.2. The van der Waals surface area contributed by atoms with Gasteiger partial charge in [-0.25, -0.2) is 0 Å². The third-order valence-electron chi connectivity index (χ3n) is 5.78. The first-order valence-electron chi connectivity index (χ1n) is 8.27. The largest absolute Gasteiger partial charge is 0.497 e. The van der Waals surface area contributed by atoms with E-state index in [1.54, 1.807) is 30.9 Å². The molecule has 26 heavy (non-hydrogen) atoms. The molecule has 0 aromatic heterocycles. The van der Waals surface area contributed by atoms with Gasteiger partial charge in [0, 0.05) is 13.5 Å². The number of nitrogens with zero attached hydrogens (tertiary/aromatic N) is 3. The number of hydrogen-bond acceptors (Lipinski definition) is 6. The molecular formula is C18H19N3O3S2. The van der Waals surface area contributed by atoms with Crippen molar-refractivity contribution in [2.45, 2.75) is 36.1 Å². The number of fused-ring (bicyclic) bond motifs is 2. The molecule has 4 aliphatic rings. The smallest absolute Gasteiger partial charge is 0.261 e. The van der Waals surface area contributed by atoms with Gasteiger partial charge < -0.3 is 14.5 Å². The van der Waals surface area contributed by atoms with Gasteiger partial charge in [0.1, 0.15) is 5.75 Å². The molecule has 1 aromatic carbocycles. The van der Waals surface area contributed by atoms with Crippen LogP contribution in [0.1, 0.15) is 31.9 Å². The molecule has 4 heterocycles. The lowest BCUT2D eigenvalue weighted by Gasteiger charge is -2.57. The molecule has 5 rings (SSSR count). The number of methoxy groups -OCH3 is 1. The van der Waals surface area contributed by atoms with Gasteiger partial charge in [-0.05, 0) is 31.5 Å². The van der Waals surface area contributed by atoms with Crippen molar-refractivity contribution in [3.8, 4) is 11.8 Å². The normalized spacial score (nSPS) is 38.3. The van der Waals surface area contributed by atoms with E-state index in [4.69, 9.17) is 4.74 Å². The standard InChI is InChI=1S/C18H19N3O3S2/c1-16(10-19)9-18-15(23)20(3)17(2,25-26-18)14(22)21(18)13(16)11-5-7-12(24-4)8-6-11/h5-8,13H,9H2,1-4H3/t13?,16-,17?,18-/m1/s1. The predicted octanol–water partition coefficient (Wildman–Crippen LogP) is 2.78. The highest BCUT2D eigenvalue weighted by molar-refractivity contribution is 8.78. The van der Waals surface area contributed by atoms with Gasteiger partial charge in [0.2, 0.25) is 0 Å². The topological polar surface area (TPSA) is 73.6 Å². The van der Waals surface area contributed by atoms with Crippen molar-refractivity contribution in [2.75, 3.05) is 14.2 Å². The number of rotatable bonds is 2. The van der Waals surface area contributed by atoms with E-state index in [2.05, 4.69) is 6.07 Å². The fourth-order valence-electron chi connectivity index (χ4n) is 4.21. The Kier molecular flexibility index (Phi) is 3.60. The van der Waals surface area contributed by atoms with Crippen LogP contribution in [-0.2, 0) is 9.59 Å². The molecule has 4 aliphatic heterocycles. The van der Waals surface area contributed by atoms with Gasteiger partial charge in [0.25, 0.3) is 11.8 Å². The van der Waals surface area contributed by atoms with E-state index in [0.717, 1.165) is 5.56 Å². The number of carbonyl (C=O) groups excluding carboxylic acids is 2. The molecule has 2 bridgehead atoms. The van der Waals surface area contributed by atoms with Crippen molar-refractivity contribution < 1.29 is 14.3 Å². The van der Waals surface area contributed by atoms with Crippen molar-refractivity contribution in [2.24, 2.45) is 5.41 Å². The summed E-state index contributed by atoms with van der Waals surface area (Å²) in [7, 11) is 6.11. The fourth-order valence-corrected chi connectivity index (χ4v) is 7.79. The van der Waals surface area contributed by atoms with Crippen LogP contribution in [0.4, 0.5) is 0 Å². The van der Waals surface area contributed by atoms with Crippen molar-refractivity contribution in [3.05, 3.63) is 29.8 Å². The molecule has 4 saturated heterocycles. The zero-order valence-corrected chi connectivity index (χ0v) is 16.6. The Morgan fingerprint density at radius 2 is 1.85 bits per heavy atom. The average molecular weight is 390 g/mol. The molecular weight excluding hydrogens is 370 g/mol. The first-order valence-corrected chi connectivity index (χ1v) is 10.4. The van der Waals surface area contributed by atoms with Gasteiger partial charge in [-0.1, -0.05) is 33.7 Å². The molecule has 8 heteroatoms. The summed E-state index contributed by atoms with van der Waals surface area (Å²) in [6.45, 7) is 3.62. The second-order valence-corrected chi connectivity index (χ2v) is 10.2. The minimum absolute atomic E-state index is 0.0964. The summed E-state index contributed by atoms with van der Waals surface area (Å²) < 4.78 is 5.22. The number of nitriles is 1. The molecule has 2 amide bonds. The summed E-state index contributed by atoms with van der Waals surface area (Å²) in [6, 6.07) is 9.32. The number of amides is 2. The maximum Gasteiger partial charge on any atom is 0.261 e. The van der Waals surface area contributed by atoms with Gasteiger partial charge in [-0.2, -0.15) is 5.26 Å². The van der Waals surface area contributed by atoms with E-state index in [0.29, 0.717) is 12.2 Å². The van der Waals surface area contributed by atoms with E-state index in [-0.39, 0.29) is 11.8 Å². The molecule has 0 radical (unpaired) electrons. The lowest BCUT2D eigenvalue weighted by Crippen LogP contribution is -2.73. The monoisotopic (exact) mass is 389 g/mol.